The summed E-state index contributed by atoms with van der Waals surface area (Å²) in [4.78, 5) is 3.56. The molecule has 0 amide bonds. The molecule has 0 saturated heterocycles. The van der Waals surface area contributed by atoms with E-state index in [0.717, 1.165) is 6.20 Å². The zero-order valence-electron chi connectivity index (χ0n) is 10.2. The molecule has 0 fully saturated rings. The van der Waals surface area contributed by atoms with Crippen LogP contribution in [0, 0.1) is 24.4 Å². The highest BCUT2D eigenvalue weighted by molar-refractivity contribution is 9.10. The van der Waals surface area contributed by atoms with Crippen molar-refractivity contribution in [3.63, 3.8) is 0 Å². The molecular formula is C13H8BrClF3NO. The molecule has 0 radical (unpaired) electrons. The van der Waals surface area contributed by atoms with Crippen LogP contribution in [0.1, 0.15) is 11.3 Å². The molecular weight excluding hydrogens is 358 g/mol. The highest BCUT2D eigenvalue weighted by Crippen LogP contribution is 2.35. The zero-order valence-corrected chi connectivity index (χ0v) is 12.5. The van der Waals surface area contributed by atoms with Crippen LogP contribution in [-0.4, -0.2) is 4.98 Å². The minimum Gasteiger partial charge on any atom is -0.485 e. The van der Waals surface area contributed by atoms with Gasteiger partial charge < -0.3 is 4.74 Å². The average Bonchev–Trinajstić information content (AvgIpc) is 2.40. The normalized spacial score (nSPS) is 10.7. The van der Waals surface area contributed by atoms with Crippen LogP contribution >= 0.6 is 27.5 Å². The standard InChI is InChI=1S/C13H8BrClF3NO/c1-6-2-10(12(15)13(18)11(6)14)20-5-9-8(17)3-7(16)4-19-9/h2-4H,5H2,1H3. The average molecular weight is 367 g/mol. The first kappa shape index (κ1) is 15.1. The lowest BCUT2D eigenvalue weighted by Crippen LogP contribution is -2.03. The van der Waals surface area contributed by atoms with Crippen molar-refractivity contribution in [1.29, 1.82) is 0 Å². The van der Waals surface area contributed by atoms with Gasteiger partial charge in [-0.15, -0.1) is 0 Å². The SMILES string of the molecule is Cc1cc(OCc2ncc(F)cc2F)c(Cl)c(F)c1Br. The molecule has 1 aromatic heterocycles. The van der Waals surface area contributed by atoms with E-state index in [0.29, 0.717) is 11.6 Å². The first-order valence-corrected chi connectivity index (χ1v) is 6.64. The lowest BCUT2D eigenvalue weighted by Gasteiger charge is -2.11. The molecule has 0 N–H and O–H groups in total. The topological polar surface area (TPSA) is 22.1 Å². The molecule has 1 heterocycles. The fourth-order valence-corrected chi connectivity index (χ4v) is 2.13. The summed E-state index contributed by atoms with van der Waals surface area (Å²) in [6.45, 7) is 1.37. The summed E-state index contributed by atoms with van der Waals surface area (Å²) in [6, 6.07) is 2.21. The lowest BCUT2D eigenvalue weighted by molar-refractivity contribution is 0.292. The molecule has 0 aliphatic rings. The maximum absolute atomic E-state index is 13.7. The van der Waals surface area contributed by atoms with Crippen molar-refractivity contribution in [2.45, 2.75) is 13.5 Å². The van der Waals surface area contributed by atoms with E-state index in [1.165, 1.54) is 6.07 Å². The van der Waals surface area contributed by atoms with Gasteiger partial charge in [0.25, 0.3) is 0 Å². The first-order valence-electron chi connectivity index (χ1n) is 5.47. The van der Waals surface area contributed by atoms with Crippen molar-refractivity contribution in [1.82, 2.24) is 4.98 Å². The van der Waals surface area contributed by atoms with Gasteiger partial charge in [-0.05, 0) is 34.5 Å². The molecule has 0 spiro atoms. The van der Waals surface area contributed by atoms with Crippen LogP contribution in [0.5, 0.6) is 5.75 Å². The molecule has 2 aromatic rings. The highest BCUT2D eigenvalue weighted by Gasteiger charge is 2.15. The van der Waals surface area contributed by atoms with Crippen molar-refractivity contribution in [3.8, 4) is 5.75 Å². The molecule has 0 aliphatic carbocycles. The Kier molecular flexibility index (Phi) is 4.55. The fraction of sp³-hybridized carbons (Fsp3) is 0.154. The monoisotopic (exact) mass is 365 g/mol. The molecule has 20 heavy (non-hydrogen) atoms. The molecule has 0 saturated carbocycles. The molecule has 7 heteroatoms. The molecule has 0 unspecified atom stereocenters. The van der Waals surface area contributed by atoms with Gasteiger partial charge in [-0.1, -0.05) is 11.6 Å². The van der Waals surface area contributed by atoms with Gasteiger partial charge in [0.2, 0.25) is 0 Å². The van der Waals surface area contributed by atoms with E-state index in [1.807, 2.05) is 0 Å². The molecule has 106 valence electrons. The highest BCUT2D eigenvalue weighted by atomic mass is 79.9. The van der Waals surface area contributed by atoms with Crippen LogP contribution in [-0.2, 0) is 6.61 Å². The summed E-state index contributed by atoms with van der Waals surface area (Å²) in [5.74, 6) is -2.21. The number of hydrogen-bond acceptors (Lipinski definition) is 2. The molecule has 1 aromatic carbocycles. The smallest absolute Gasteiger partial charge is 0.160 e. The number of aryl methyl sites for hydroxylation is 1. The van der Waals surface area contributed by atoms with Crippen molar-refractivity contribution < 1.29 is 17.9 Å². The van der Waals surface area contributed by atoms with Crippen molar-refractivity contribution in [2.24, 2.45) is 0 Å². The Labute approximate surface area is 126 Å². The predicted molar refractivity (Wildman–Crippen MR) is 72.3 cm³/mol. The van der Waals surface area contributed by atoms with Gasteiger partial charge in [0, 0.05) is 6.07 Å². The van der Waals surface area contributed by atoms with Crippen LogP contribution in [0.3, 0.4) is 0 Å². The van der Waals surface area contributed by atoms with Gasteiger partial charge in [-0.25, -0.2) is 13.2 Å². The van der Waals surface area contributed by atoms with Crippen molar-refractivity contribution >= 4 is 27.5 Å². The molecule has 2 nitrogen and oxygen atoms in total. The van der Waals surface area contributed by atoms with E-state index < -0.39 is 17.5 Å². The summed E-state index contributed by atoms with van der Waals surface area (Å²) >= 11 is 8.85. The maximum atomic E-state index is 13.7. The van der Waals surface area contributed by atoms with Crippen molar-refractivity contribution in [2.75, 3.05) is 0 Å². The number of rotatable bonds is 3. The van der Waals surface area contributed by atoms with E-state index in [9.17, 15) is 13.2 Å². The van der Waals surface area contributed by atoms with Crippen LogP contribution in [0.2, 0.25) is 5.02 Å². The van der Waals surface area contributed by atoms with Gasteiger partial charge in [-0.3, -0.25) is 4.98 Å². The minimum absolute atomic E-state index is 0.0652. The summed E-state index contributed by atoms with van der Waals surface area (Å²) < 4.78 is 45.3. The largest absolute Gasteiger partial charge is 0.485 e. The Morgan fingerprint density at radius 1 is 1.30 bits per heavy atom. The second kappa shape index (κ2) is 6.01. The lowest BCUT2D eigenvalue weighted by atomic mass is 10.2. The fourth-order valence-electron chi connectivity index (χ4n) is 1.50. The number of halogens is 5. The molecule has 0 bridgehead atoms. The third-order valence-corrected chi connectivity index (χ3v) is 3.87. The van der Waals surface area contributed by atoms with Crippen LogP contribution < -0.4 is 4.74 Å². The number of ether oxygens (including phenoxy) is 1. The Balaban J connectivity index is 2.23. The van der Waals surface area contributed by atoms with Crippen molar-refractivity contribution in [3.05, 3.63) is 56.5 Å². The summed E-state index contributed by atoms with van der Waals surface area (Å²) in [6.07, 6.45) is 0.872. The molecule has 2 rings (SSSR count). The number of aromatic nitrogens is 1. The Hall–Kier alpha value is -1.27. The number of nitrogens with zero attached hydrogens (tertiary/aromatic N) is 1. The first-order chi connectivity index (χ1) is 9.40. The Morgan fingerprint density at radius 3 is 2.65 bits per heavy atom. The second-order valence-electron chi connectivity index (χ2n) is 4.00. The van der Waals surface area contributed by atoms with E-state index in [2.05, 4.69) is 20.9 Å². The summed E-state index contributed by atoms with van der Waals surface area (Å²) in [7, 11) is 0. The minimum atomic E-state index is -0.838. The molecule has 0 aliphatic heterocycles. The zero-order chi connectivity index (χ0) is 14.9. The van der Waals surface area contributed by atoms with Gasteiger partial charge in [-0.2, -0.15) is 0 Å². The van der Waals surface area contributed by atoms with Gasteiger partial charge in [0.15, 0.2) is 11.6 Å². The second-order valence-corrected chi connectivity index (χ2v) is 5.18. The van der Waals surface area contributed by atoms with Crippen LogP contribution in [0.4, 0.5) is 13.2 Å². The third kappa shape index (κ3) is 3.07. The van der Waals surface area contributed by atoms with Crippen LogP contribution in [0.15, 0.2) is 22.8 Å². The maximum Gasteiger partial charge on any atom is 0.160 e. The van der Waals surface area contributed by atoms with E-state index in [4.69, 9.17) is 16.3 Å². The molecule has 0 atom stereocenters. The Morgan fingerprint density at radius 2 is 2.00 bits per heavy atom. The predicted octanol–water partition coefficient (Wildman–Crippen LogP) is 4.80. The third-order valence-electron chi connectivity index (χ3n) is 2.54. The summed E-state index contributed by atoms with van der Waals surface area (Å²) in [5, 5.41) is -0.218. The number of hydrogen-bond donors (Lipinski definition) is 0. The number of pyridine rings is 1. The number of benzene rings is 1. The van der Waals surface area contributed by atoms with Crippen LogP contribution in [0.25, 0.3) is 0 Å². The van der Waals surface area contributed by atoms with Gasteiger partial charge in [0.1, 0.15) is 28.9 Å². The van der Waals surface area contributed by atoms with Gasteiger partial charge >= 0.3 is 0 Å². The quantitative estimate of drug-likeness (QED) is 0.728. The van der Waals surface area contributed by atoms with Gasteiger partial charge in [0.05, 0.1) is 10.7 Å². The van der Waals surface area contributed by atoms with E-state index in [1.54, 1.807) is 6.92 Å². The van der Waals surface area contributed by atoms with E-state index >= 15 is 0 Å². The summed E-state index contributed by atoms with van der Waals surface area (Å²) in [5.41, 5.74) is 0.484. The Bertz CT molecular complexity index is 667. The van der Waals surface area contributed by atoms with E-state index in [-0.39, 0.29) is 27.5 Å².